The van der Waals surface area contributed by atoms with E-state index in [9.17, 15) is 5.11 Å². The van der Waals surface area contributed by atoms with Crippen molar-refractivity contribution >= 4 is 32.8 Å². The lowest BCUT2D eigenvalue weighted by molar-refractivity contribution is 0.477. The molecule has 0 atom stereocenters. The number of hydrogen-bond donors (Lipinski definition) is 1. The minimum absolute atomic E-state index is 0.207. The standard InChI is InChI=1S/C8H6INO/c11-7-3-1-2-6-4-5-9-10-8(6)7/h1-5,11H. The second-order valence-corrected chi connectivity index (χ2v) is 3.95. The Morgan fingerprint density at radius 3 is 3.09 bits per heavy atom. The largest absolute Gasteiger partial charge is 0.506 e. The quantitative estimate of drug-likeness (QED) is 0.713. The molecule has 1 aromatic rings. The van der Waals surface area contributed by atoms with Gasteiger partial charge in [-0.25, -0.2) is 3.15 Å². The van der Waals surface area contributed by atoms with Crippen molar-refractivity contribution in [2.75, 3.05) is 0 Å². The van der Waals surface area contributed by atoms with Gasteiger partial charge < -0.3 is 5.11 Å². The van der Waals surface area contributed by atoms with Crippen molar-refractivity contribution in [3.8, 4) is 5.75 Å². The number of rotatable bonds is 0. The molecule has 0 saturated heterocycles. The van der Waals surface area contributed by atoms with Crippen molar-refractivity contribution in [1.29, 1.82) is 0 Å². The first kappa shape index (κ1) is 6.97. The first-order chi connectivity index (χ1) is 5.38. The average Bonchev–Trinajstić information content (AvgIpc) is 2.06. The number of fused-ring (bicyclic) bond motifs is 1. The molecule has 2 rings (SSSR count). The molecule has 0 aliphatic carbocycles. The number of phenolic OH excluding ortho intramolecular Hbond substituents is 1. The van der Waals surface area contributed by atoms with Crippen LogP contribution in [-0.4, -0.2) is 5.11 Å². The van der Waals surface area contributed by atoms with Gasteiger partial charge in [-0.2, -0.15) is 0 Å². The first-order valence-electron chi connectivity index (χ1n) is 3.20. The molecule has 1 heterocycles. The SMILES string of the molecule is Oc1cccc2c1N=IC=C2. The summed E-state index contributed by atoms with van der Waals surface area (Å²) in [6.45, 7) is 0. The van der Waals surface area contributed by atoms with Gasteiger partial charge >= 0.3 is 0 Å². The van der Waals surface area contributed by atoms with Crippen molar-refractivity contribution in [3.05, 3.63) is 27.8 Å². The van der Waals surface area contributed by atoms with Crippen LogP contribution in [0, 0.1) is 0 Å². The minimum Gasteiger partial charge on any atom is -0.506 e. The third-order valence-electron chi connectivity index (χ3n) is 1.48. The topological polar surface area (TPSA) is 32.6 Å². The van der Waals surface area contributed by atoms with Crippen LogP contribution >= 0.6 is 21.0 Å². The van der Waals surface area contributed by atoms with E-state index in [0.717, 1.165) is 11.3 Å². The molecule has 0 spiro atoms. The highest BCUT2D eigenvalue weighted by molar-refractivity contribution is 14.2. The van der Waals surface area contributed by atoms with Gasteiger partial charge in [0, 0.05) is 26.6 Å². The zero-order valence-corrected chi connectivity index (χ0v) is 7.82. The van der Waals surface area contributed by atoms with Gasteiger partial charge in [-0.15, -0.1) is 0 Å². The molecule has 1 N–H and O–H groups in total. The molecule has 2 nitrogen and oxygen atoms in total. The van der Waals surface area contributed by atoms with E-state index in [-0.39, 0.29) is 21.0 Å². The lowest BCUT2D eigenvalue weighted by atomic mass is 10.2. The zero-order chi connectivity index (χ0) is 7.68. The van der Waals surface area contributed by atoms with Crippen LogP contribution < -0.4 is 0 Å². The third-order valence-corrected chi connectivity index (χ3v) is 2.92. The summed E-state index contributed by atoms with van der Waals surface area (Å²) < 4.78 is 6.35. The fraction of sp³-hybridized carbons (Fsp3) is 0. The van der Waals surface area contributed by atoms with Crippen molar-refractivity contribution in [1.82, 2.24) is 0 Å². The summed E-state index contributed by atoms with van der Waals surface area (Å²) in [6.07, 6.45) is 2.02. The van der Waals surface area contributed by atoms with E-state index in [1.54, 1.807) is 6.07 Å². The Morgan fingerprint density at radius 2 is 2.27 bits per heavy atom. The highest BCUT2D eigenvalue weighted by Gasteiger charge is 2.04. The molecule has 0 bridgehead atoms. The van der Waals surface area contributed by atoms with E-state index in [1.807, 2.05) is 18.2 Å². The molecule has 3 heteroatoms. The summed E-state index contributed by atoms with van der Waals surface area (Å²) in [5.74, 6) is 0.298. The first-order valence-corrected chi connectivity index (χ1v) is 5.41. The second kappa shape index (κ2) is 2.73. The summed E-state index contributed by atoms with van der Waals surface area (Å²) in [6, 6.07) is 5.46. The summed E-state index contributed by atoms with van der Waals surface area (Å²) in [4.78, 5) is 0. The van der Waals surface area contributed by atoms with Gasteiger partial charge in [0.25, 0.3) is 0 Å². The maximum Gasteiger partial charge on any atom is 0.142 e. The molecular formula is C8H6INO. The highest BCUT2D eigenvalue weighted by atomic mass is 127. The molecule has 0 fully saturated rings. The maximum absolute atomic E-state index is 9.35. The van der Waals surface area contributed by atoms with E-state index in [4.69, 9.17) is 0 Å². The van der Waals surface area contributed by atoms with Crippen LogP contribution in [0.25, 0.3) is 6.08 Å². The Kier molecular flexibility index (Phi) is 1.73. The predicted octanol–water partition coefficient (Wildman–Crippen LogP) is 3.16. The molecule has 56 valence electrons. The number of nitrogens with zero attached hydrogens (tertiary/aromatic N) is 1. The van der Waals surface area contributed by atoms with Crippen molar-refractivity contribution in [2.45, 2.75) is 0 Å². The summed E-state index contributed by atoms with van der Waals surface area (Å²) >= 11 is -0.207. The minimum atomic E-state index is -0.207. The van der Waals surface area contributed by atoms with Gasteiger partial charge in [0.15, 0.2) is 0 Å². The van der Waals surface area contributed by atoms with Crippen LogP contribution in [0.5, 0.6) is 5.75 Å². The van der Waals surface area contributed by atoms with E-state index >= 15 is 0 Å². The van der Waals surface area contributed by atoms with Gasteiger partial charge in [0.1, 0.15) is 11.4 Å². The van der Waals surface area contributed by atoms with Crippen LogP contribution in [0.15, 0.2) is 25.4 Å². The number of aromatic hydroxyl groups is 1. The molecule has 1 aromatic carbocycles. The number of hydrogen-bond acceptors (Lipinski definition) is 2. The fourth-order valence-electron chi connectivity index (χ4n) is 0.948. The van der Waals surface area contributed by atoms with E-state index in [2.05, 4.69) is 7.23 Å². The third kappa shape index (κ3) is 1.20. The van der Waals surface area contributed by atoms with Gasteiger partial charge in [-0.05, 0) is 16.2 Å². The zero-order valence-electron chi connectivity index (χ0n) is 5.66. The number of phenols is 1. The van der Waals surface area contributed by atoms with E-state index in [0.29, 0.717) is 5.75 Å². The molecule has 1 aliphatic heterocycles. The highest BCUT2D eigenvalue weighted by Crippen LogP contribution is 2.37. The number of halogens is 1. The van der Waals surface area contributed by atoms with Gasteiger partial charge in [0.05, 0.1) is 0 Å². The van der Waals surface area contributed by atoms with E-state index < -0.39 is 0 Å². The fourth-order valence-corrected chi connectivity index (χ4v) is 2.46. The Labute approximate surface area is 74.7 Å². The van der Waals surface area contributed by atoms with Gasteiger partial charge in [-0.3, -0.25) is 0 Å². The molecular weight excluding hydrogens is 253 g/mol. The van der Waals surface area contributed by atoms with Crippen molar-refractivity contribution in [3.63, 3.8) is 0 Å². The number of benzene rings is 1. The normalized spacial score (nSPS) is 13.8. The van der Waals surface area contributed by atoms with Crippen LogP contribution in [-0.2, 0) is 0 Å². The smallest absolute Gasteiger partial charge is 0.142 e. The molecule has 0 unspecified atom stereocenters. The van der Waals surface area contributed by atoms with Crippen LogP contribution in [0.2, 0.25) is 0 Å². The van der Waals surface area contributed by atoms with Crippen LogP contribution in [0.1, 0.15) is 5.56 Å². The monoisotopic (exact) mass is 259 g/mol. The Morgan fingerprint density at radius 1 is 1.36 bits per heavy atom. The maximum atomic E-state index is 9.35. The Balaban J connectivity index is 2.70. The molecule has 0 radical (unpaired) electrons. The Hall–Kier alpha value is -0.710. The lowest BCUT2D eigenvalue weighted by Gasteiger charge is -2.04. The lowest BCUT2D eigenvalue weighted by Crippen LogP contribution is -1.75. The average molecular weight is 259 g/mol. The summed E-state index contributed by atoms with van der Waals surface area (Å²) in [5.41, 5.74) is 1.79. The van der Waals surface area contributed by atoms with E-state index in [1.165, 1.54) is 0 Å². The van der Waals surface area contributed by atoms with Gasteiger partial charge in [0.2, 0.25) is 0 Å². The molecule has 11 heavy (non-hydrogen) atoms. The molecule has 0 saturated carbocycles. The van der Waals surface area contributed by atoms with Crippen molar-refractivity contribution in [2.24, 2.45) is 3.15 Å². The summed E-state index contributed by atoms with van der Waals surface area (Å²) in [7, 11) is 0. The summed E-state index contributed by atoms with van der Waals surface area (Å²) in [5, 5.41) is 9.35. The molecule has 0 amide bonds. The Bertz CT molecular complexity index is 344. The van der Waals surface area contributed by atoms with Gasteiger partial charge in [-0.1, -0.05) is 12.1 Å². The van der Waals surface area contributed by atoms with Crippen molar-refractivity contribution < 1.29 is 5.11 Å². The van der Waals surface area contributed by atoms with Crippen LogP contribution in [0.4, 0.5) is 5.69 Å². The molecule has 0 aromatic heterocycles. The molecule has 1 aliphatic rings. The predicted molar refractivity (Wildman–Crippen MR) is 53.2 cm³/mol. The second-order valence-electron chi connectivity index (χ2n) is 2.19. The van der Waals surface area contributed by atoms with Crippen LogP contribution in [0.3, 0.4) is 0 Å².